The number of benzene rings is 1. The molecule has 1 atom stereocenters. The minimum Gasteiger partial charge on any atom is -0.467 e. The number of carbonyl (C=O) groups is 4. The highest BCUT2D eigenvalue weighted by Crippen LogP contribution is 2.26. The van der Waals surface area contributed by atoms with Gasteiger partial charge in [-0.05, 0) is 50.5 Å². The van der Waals surface area contributed by atoms with Gasteiger partial charge in [0.05, 0.1) is 12.8 Å². The SMILES string of the molecule is C[C@@H]1CCCCN1C(=O)Cn1cc(/C=C2\C(=O)NC(=O)N(Cc3ccco3)C2=O)c2ccccc21. The van der Waals surface area contributed by atoms with Crippen molar-refractivity contribution >= 4 is 40.7 Å². The molecule has 2 aromatic heterocycles. The molecule has 1 N–H and O–H groups in total. The van der Waals surface area contributed by atoms with Crippen LogP contribution in [0.5, 0.6) is 0 Å². The molecule has 5 rings (SSSR count). The molecule has 5 amide bonds. The summed E-state index contributed by atoms with van der Waals surface area (Å²) in [4.78, 5) is 53.9. The number of likely N-dealkylation sites (tertiary alicyclic amines) is 1. The molecule has 2 saturated heterocycles. The van der Waals surface area contributed by atoms with Crippen LogP contribution in [0.15, 0.2) is 58.8 Å². The van der Waals surface area contributed by atoms with E-state index >= 15 is 0 Å². The fraction of sp³-hybridized carbons (Fsp3) is 0.308. The number of urea groups is 1. The van der Waals surface area contributed by atoms with Crippen LogP contribution in [0.3, 0.4) is 0 Å². The maximum Gasteiger partial charge on any atom is 0.331 e. The van der Waals surface area contributed by atoms with Crippen molar-refractivity contribution in [3.63, 3.8) is 0 Å². The van der Waals surface area contributed by atoms with E-state index in [4.69, 9.17) is 4.42 Å². The van der Waals surface area contributed by atoms with Crippen LogP contribution in [0.25, 0.3) is 17.0 Å². The number of piperidine rings is 1. The zero-order chi connectivity index (χ0) is 24.5. The maximum atomic E-state index is 13.1. The van der Waals surface area contributed by atoms with Gasteiger partial charge in [-0.1, -0.05) is 18.2 Å². The number of nitrogens with zero attached hydrogens (tertiary/aromatic N) is 3. The van der Waals surface area contributed by atoms with E-state index in [1.807, 2.05) is 33.7 Å². The number of hydrogen-bond acceptors (Lipinski definition) is 5. The summed E-state index contributed by atoms with van der Waals surface area (Å²) < 4.78 is 7.10. The van der Waals surface area contributed by atoms with Crippen LogP contribution in [-0.4, -0.2) is 50.7 Å². The fourth-order valence-electron chi connectivity index (χ4n) is 4.78. The summed E-state index contributed by atoms with van der Waals surface area (Å²) in [7, 11) is 0. The van der Waals surface area contributed by atoms with Crippen LogP contribution in [-0.2, 0) is 27.5 Å². The summed E-state index contributed by atoms with van der Waals surface area (Å²) in [5.41, 5.74) is 1.28. The lowest BCUT2D eigenvalue weighted by atomic mass is 10.0. The molecule has 35 heavy (non-hydrogen) atoms. The van der Waals surface area contributed by atoms with Crippen molar-refractivity contribution in [3.8, 4) is 0 Å². The summed E-state index contributed by atoms with van der Waals surface area (Å²) in [6.45, 7) is 2.90. The Balaban J connectivity index is 1.47. The van der Waals surface area contributed by atoms with E-state index in [9.17, 15) is 19.2 Å². The minimum absolute atomic E-state index is 0.0406. The molecule has 180 valence electrons. The predicted molar refractivity (Wildman–Crippen MR) is 128 cm³/mol. The third-order valence-corrected chi connectivity index (χ3v) is 6.63. The Kier molecular flexibility index (Phi) is 5.98. The Labute approximate surface area is 202 Å². The number of fused-ring (bicyclic) bond motifs is 1. The molecule has 0 radical (unpaired) electrons. The number of rotatable bonds is 5. The highest BCUT2D eigenvalue weighted by atomic mass is 16.3. The van der Waals surface area contributed by atoms with E-state index in [0.29, 0.717) is 11.3 Å². The molecule has 2 aliphatic heterocycles. The largest absolute Gasteiger partial charge is 0.467 e. The van der Waals surface area contributed by atoms with Gasteiger partial charge in [0.2, 0.25) is 5.91 Å². The molecule has 3 aromatic rings. The number of carbonyl (C=O) groups excluding carboxylic acids is 4. The third-order valence-electron chi connectivity index (χ3n) is 6.63. The van der Waals surface area contributed by atoms with E-state index in [1.165, 1.54) is 12.3 Å². The van der Waals surface area contributed by atoms with Gasteiger partial charge in [0.1, 0.15) is 17.9 Å². The third kappa shape index (κ3) is 4.37. The molecule has 2 aliphatic rings. The van der Waals surface area contributed by atoms with E-state index < -0.39 is 17.8 Å². The summed E-state index contributed by atoms with van der Waals surface area (Å²) in [5, 5.41) is 3.03. The number of imide groups is 2. The molecule has 0 unspecified atom stereocenters. The first-order valence-corrected chi connectivity index (χ1v) is 11.7. The molecule has 0 saturated carbocycles. The van der Waals surface area contributed by atoms with Crippen LogP contribution in [0, 0.1) is 0 Å². The zero-order valence-electron chi connectivity index (χ0n) is 19.4. The quantitative estimate of drug-likeness (QED) is 0.451. The molecule has 0 aliphatic carbocycles. The molecule has 0 bridgehead atoms. The second-order valence-corrected chi connectivity index (χ2v) is 8.95. The molecular weight excluding hydrogens is 448 g/mol. The van der Waals surface area contributed by atoms with Gasteiger partial charge < -0.3 is 13.9 Å². The van der Waals surface area contributed by atoms with Crippen LogP contribution >= 0.6 is 0 Å². The first kappa shape index (κ1) is 22.6. The number of nitrogens with one attached hydrogen (secondary N) is 1. The topological polar surface area (TPSA) is 105 Å². The average Bonchev–Trinajstić information content (AvgIpc) is 3.48. The van der Waals surface area contributed by atoms with Crippen molar-refractivity contribution < 1.29 is 23.6 Å². The zero-order valence-corrected chi connectivity index (χ0v) is 19.4. The second kappa shape index (κ2) is 9.25. The fourth-order valence-corrected chi connectivity index (χ4v) is 4.78. The second-order valence-electron chi connectivity index (χ2n) is 8.95. The van der Waals surface area contributed by atoms with E-state index in [-0.39, 0.29) is 30.6 Å². The molecule has 1 aromatic carbocycles. The number of barbiturate groups is 1. The standard InChI is InChI=1S/C26H26N4O5/c1-17-7-4-5-11-29(17)23(31)16-28-14-18(20-9-2-3-10-22(20)28)13-21-24(32)27-26(34)30(25(21)33)15-19-8-6-12-35-19/h2-3,6,8-10,12-14,17H,4-5,7,11,15-16H2,1H3,(H,27,32,34)/b21-13+/t17-/m1/s1. The average molecular weight is 475 g/mol. The van der Waals surface area contributed by atoms with Gasteiger partial charge in [0, 0.05) is 35.2 Å². The number of aromatic nitrogens is 1. The number of hydrogen-bond donors (Lipinski definition) is 1. The van der Waals surface area contributed by atoms with Crippen LogP contribution in [0.4, 0.5) is 4.79 Å². The molecular formula is C26H26N4O5. The van der Waals surface area contributed by atoms with Gasteiger partial charge >= 0.3 is 6.03 Å². The summed E-state index contributed by atoms with van der Waals surface area (Å²) in [5.74, 6) is -1.00. The van der Waals surface area contributed by atoms with Crippen molar-refractivity contribution in [2.75, 3.05) is 6.54 Å². The van der Waals surface area contributed by atoms with E-state index in [0.717, 1.165) is 41.6 Å². The lowest BCUT2D eigenvalue weighted by Crippen LogP contribution is -2.53. The van der Waals surface area contributed by atoms with Gasteiger partial charge in [-0.15, -0.1) is 0 Å². The first-order valence-electron chi connectivity index (χ1n) is 11.7. The maximum absolute atomic E-state index is 13.1. The molecule has 2 fully saturated rings. The Hall–Kier alpha value is -4.14. The van der Waals surface area contributed by atoms with Gasteiger partial charge in [0.15, 0.2) is 0 Å². The van der Waals surface area contributed by atoms with Crippen molar-refractivity contribution in [1.82, 2.24) is 19.7 Å². The normalized spacial score (nSPS) is 20.1. The number of para-hydroxylation sites is 1. The summed E-state index contributed by atoms with van der Waals surface area (Å²) >= 11 is 0. The Morgan fingerprint density at radius 1 is 1.14 bits per heavy atom. The molecule has 9 nitrogen and oxygen atoms in total. The lowest BCUT2D eigenvalue weighted by molar-refractivity contribution is -0.135. The van der Waals surface area contributed by atoms with E-state index in [2.05, 4.69) is 12.2 Å². The first-order chi connectivity index (χ1) is 16.9. The summed E-state index contributed by atoms with van der Waals surface area (Å²) in [6, 6.07) is 10.2. The van der Waals surface area contributed by atoms with Crippen molar-refractivity contribution in [2.24, 2.45) is 0 Å². The monoisotopic (exact) mass is 474 g/mol. The highest BCUT2D eigenvalue weighted by Gasteiger charge is 2.36. The minimum atomic E-state index is -0.794. The molecule has 4 heterocycles. The van der Waals surface area contributed by atoms with E-state index in [1.54, 1.807) is 18.3 Å². The Morgan fingerprint density at radius 2 is 1.97 bits per heavy atom. The van der Waals surface area contributed by atoms with Gasteiger partial charge in [0.25, 0.3) is 11.8 Å². The molecule has 9 heteroatoms. The van der Waals surface area contributed by atoms with Crippen LogP contribution in [0.1, 0.15) is 37.5 Å². The number of furan rings is 1. The molecule has 0 spiro atoms. The number of amides is 5. The van der Waals surface area contributed by atoms with Crippen molar-refractivity contribution in [3.05, 3.63) is 65.8 Å². The lowest BCUT2D eigenvalue weighted by Gasteiger charge is -2.33. The van der Waals surface area contributed by atoms with Gasteiger partial charge in [-0.2, -0.15) is 0 Å². The Morgan fingerprint density at radius 3 is 2.74 bits per heavy atom. The Bertz CT molecular complexity index is 1340. The summed E-state index contributed by atoms with van der Waals surface area (Å²) in [6.07, 6.45) is 7.84. The highest BCUT2D eigenvalue weighted by molar-refractivity contribution is 6.31. The van der Waals surface area contributed by atoms with Crippen LogP contribution in [0.2, 0.25) is 0 Å². The van der Waals surface area contributed by atoms with Crippen molar-refractivity contribution in [2.45, 2.75) is 45.3 Å². The predicted octanol–water partition coefficient (Wildman–Crippen LogP) is 3.30. The smallest absolute Gasteiger partial charge is 0.331 e. The van der Waals surface area contributed by atoms with Gasteiger partial charge in [-0.25, -0.2) is 4.79 Å². The van der Waals surface area contributed by atoms with Crippen LogP contribution < -0.4 is 5.32 Å². The van der Waals surface area contributed by atoms with Crippen molar-refractivity contribution in [1.29, 1.82) is 0 Å². The van der Waals surface area contributed by atoms with Gasteiger partial charge in [-0.3, -0.25) is 24.6 Å².